The highest BCUT2D eigenvalue weighted by Crippen LogP contribution is 2.31. The van der Waals surface area contributed by atoms with Gasteiger partial charge < -0.3 is 19.3 Å². The van der Waals surface area contributed by atoms with Gasteiger partial charge in [0.2, 0.25) is 0 Å². The van der Waals surface area contributed by atoms with E-state index >= 15 is 0 Å². The van der Waals surface area contributed by atoms with Crippen molar-refractivity contribution in [1.82, 2.24) is 14.5 Å². The van der Waals surface area contributed by atoms with E-state index in [1.54, 1.807) is 11.1 Å². The quantitative estimate of drug-likeness (QED) is 0.866. The Balaban J connectivity index is 0.00000116. The van der Waals surface area contributed by atoms with Gasteiger partial charge in [0.1, 0.15) is 17.0 Å². The third-order valence-corrected chi connectivity index (χ3v) is 3.48. The molecule has 0 radical (unpaired) electrons. The fourth-order valence-corrected chi connectivity index (χ4v) is 2.42. The molecule has 1 aliphatic rings. The molecule has 2 heterocycles. The number of rotatable bonds is 1. The fourth-order valence-electron chi connectivity index (χ4n) is 2.42. The molecule has 0 spiro atoms. The average molecular weight is 311 g/mol. The first-order valence-electron chi connectivity index (χ1n) is 7.89. The van der Waals surface area contributed by atoms with E-state index in [0.717, 1.165) is 0 Å². The fraction of sp³-hybridized carbons (Fsp3) is 0.750. The number of amides is 1. The Bertz CT molecular complexity index is 483. The molecular weight excluding hydrogens is 282 g/mol. The van der Waals surface area contributed by atoms with Gasteiger partial charge >= 0.3 is 6.09 Å². The third-order valence-electron chi connectivity index (χ3n) is 3.48. The maximum atomic E-state index is 12.0. The average Bonchev–Trinajstić information content (AvgIpc) is 2.87. The predicted molar refractivity (Wildman–Crippen MR) is 85.5 cm³/mol. The topological polar surface area (TPSA) is 67.6 Å². The minimum absolute atomic E-state index is 0.320. The van der Waals surface area contributed by atoms with E-state index in [1.165, 1.54) is 0 Å². The molecule has 22 heavy (non-hydrogen) atoms. The number of nitrogens with zero attached hydrogens (tertiary/aromatic N) is 3. The monoisotopic (exact) mass is 311 g/mol. The van der Waals surface area contributed by atoms with Crippen molar-refractivity contribution >= 4 is 6.09 Å². The summed E-state index contributed by atoms with van der Waals surface area (Å²) >= 11 is 0. The molecule has 1 fully saturated rings. The zero-order valence-corrected chi connectivity index (χ0v) is 14.6. The first kappa shape index (κ1) is 18.5. The molecule has 2 rings (SSSR count). The summed E-state index contributed by atoms with van der Waals surface area (Å²) in [5.74, 6) is 0.654. The Kier molecular flexibility index (Phi) is 6.00. The van der Waals surface area contributed by atoms with Crippen LogP contribution in [0.3, 0.4) is 0 Å². The van der Waals surface area contributed by atoms with E-state index in [-0.39, 0.29) is 6.09 Å². The number of ether oxygens (including phenoxy) is 1. The molecular formula is C16H29N3O3. The third kappa shape index (κ3) is 4.47. The van der Waals surface area contributed by atoms with Gasteiger partial charge in [-0.2, -0.15) is 0 Å². The first-order chi connectivity index (χ1) is 10.2. The second-order valence-corrected chi connectivity index (χ2v) is 6.36. The summed E-state index contributed by atoms with van der Waals surface area (Å²) in [5, 5.41) is 10.7. The molecule has 6 heteroatoms. The van der Waals surface area contributed by atoms with Crippen molar-refractivity contribution in [3.63, 3.8) is 0 Å². The molecule has 0 saturated carbocycles. The van der Waals surface area contributed by atoms with Gasteiger partial charge in [-0.25, -0.2) is 9.78 Å². The maximum Gasteiger partial charge on any atom is 0.410 e. The predicted octanol–water partition coefficient (Wildman–Crippen LogP) is 2.66. The van der Waals surface area contributed by atoms with Crippen molar-refractivity contribution in [2.24, 2.45) is 7.05 Å². The van der Waals surface area contributed by atoms with Crippen molar-refractivity contribution in [3.05, 3.63) is 18.2 Å². The number of aryl methyl sites for hydroxylation is 1. The molecule has 0 aliphatic carbocycles. The minimum atomic E-state index is -0.962. The molecule has 0 atom stereocenters. The smallest absolute Gasteiger partial charge is 0.410 e. The molecule has 0 unspecified atom stereocenters. The summed E-state index contributed by atoms with van der Waals surface area (Å²) in [6, 6.07) is 0. The van der Waals surface area contributed by atoms with Gasteiger partial charge in [-0.05, 0) is 20.8 Å². The normalized spacial score (nSPS) is 17.5. The first-order valence-corrected chi connectivity index (χ1v) is 7.89. The zero-order chi connectivity index (χ0) is 17.0. The van der Waals surface area contributed by atoms with Crippen LogP contribution in [-0.2, 0) is 17.4 Å². The summed E-state index contributed by atoms with van der Waals surface area (Å²) in [6.45, 7) is 10.5. The molecule has 1 saturated heterocycles. The van der Waals surface area contributed by atoms with Crippen LogP contribution in [0, 0.1) is 0 Å². The molecule has 1 N–H and O–H groups in total. The van der Waals surface area contributed by atoms with E-state index in [0.29, 0.717) is 31.8 Å². The zero-order valence-electron chi connectivity index (χ0n) is 14.6. The van der Waals surface area contributed by atoms with Crippen LogP contribution >= 0.6 is 0 Å². The van der Waals surface area contributed by atoms with Crippen molar-refractivity contribution in [3.8, 4) is 0 Å². The van der Waals surface area contributed by atoms with Crippen LogP contribution in [0.5, 0.6) is 0 Å². The van der Waals surface area contributed by atoms with Crippen molar-refractivity contribution in [2.75, 3.05) is 13.1 Å². The molecule has 1 aromatic heterocycles. The minimum Gasteiger partial charge on any atom is -0.444 e. The summed E-state index contributed by atoms with van der Waals surface area (Å²) < 4.78 is 7.17. The molecule has 1 aromatic rings. The van der Waals surface area contributed by atoms with Gasteiger partial charge in [0.25, 0.3) is 0 Å². The van der Waals surface area contributed by atoms with Gasteiger partial charge in [0.15, 0.2) is 0 Å². The van der Waals surface area contributed by atoms with E-state index < -0.39 is 11.2 Å². The Morgan fingerprint density at radius 3 is 2.27 bits per heavy atom. The Labute approximate surface area is 133 Å². The van der Waals surface area contributed by atoms with Gasteiger partial charge in [-0.1, -0.05) is 13.8 Å². The van der Waals surface area contributed by atoms with E-state index in [1.807, 2.05) is 52.4 Å². The summed E-state index contributed by atoms with van der Waals surface area (Å²) in [6.07, 6.45) is 4.11. The van der Waals surface area contributed by atoms with Crippen LogP contribution < -0.4 is 0 Å². The van der Waals surface area contributed by atoms with Crippen LogP contribution in [0.15, 0.2) is 12.4 Å². The molecule has 1 aliphatic heterocycles. The summed E-state index contributed by atoms with van der Waals surface area (Å²) in [5.41, 5.74) is -1.46. The number of hydrogen-bond donors (Lipinski definition) is 1. The number of hydrogen-bond acceptors (Lipinski definition) is 4. The van der Waals surface area contributed by atoms with Gasteiger partial charge in [-0.3, -0.25) is 0 Å². The second-order valence-electron chi connectivity index (χ2n) is 6.36. The summed E-state index contributed by atoms with van der Waals surface area (Å²) in [7, 11) is 1.86. The van der Waals surface area contributed by atoms with Crippen molar-refractivity contribution < 1.29 is 14.6 Å². The van der Waals surface area contributed by atoms with Gasteiger partial charge in [0, 0.05) is 45.4 Å². The van der Waals surface area contributed by atoms with Crippen LogP contribution in [0.1, 0.15) is 53.3 Å². The highest BCUT2D eigenvalue weighted by atomic mass is 16.6. The number of likely N-dealkylation sites (tertiary alicyclic amines) is 1. The van der Waals surface area contributed by atoms with Crippen molar-refractivity contribution in [2.45, 2.75) is 58.7 Å². The van der Waals surface area contributed by atoms with E-state index in [4.69, 9.17) is 4.74 Å². The van der Waals surface area contributed by atoms with Crippen LogP contribution in [0.25, 0.3) is 0 Å². The number of imidazole rings is 1. The Morgan fingerprint density at radius 1 is 1.32 bits per heavy atom. The highest BCUT2D eigenvalue weighted by molar-refractivity contribution is 5.68. The number of aromatic nitrogens is 2. The molecule has 1 amide bonds. The van der Waals surface area contributed by atoms with E-state index in [9.17, 15) is 9.90 Å². The number of piperidine rings is 1. The number of carbonyl (C=O) groups is 1. The SMILES string of the molecule is CC.Cn1ccnc1C1(O)CCN(C(=O)OC(C)(C)C)CC1. The standard InChI is InChI=1S/C14H23N3O3.C2H6/c1-13(2,3)20-12(18)17-8-5-14(19,6-9-17)11-15-7-10-16(11)4;1-2/h7,10,19H,5-6,8-9H2,1-4H3;1-2H3. The molecule has 0 aromatic carbocycles. The molecule has 0 bridgehead atoms. The maximum absolute atomic E-state index is 12.0. The lowest BCUT2D eigenvalue weighted by Crippen LogP contribution is -2.47. The second kappa shape index (κ2) is 7.13. The lowest BCUT2D eigenvalue weighted by molar-refractivity contribution is -0.0423. The highest BCUT2D eigenvalue weighted by Gasteiger charge is 2.39. The van der Waals surface area contributed by atoms with Crippen LogP contribution in [0.4, 0.5) is 4.79 Å². The van der Waals surface area contributed by atoms with Crippen LogP contribution in [0.2, 0.25) is 0 Å². The van der Waals surface area contributed by atoms with Gasteiger partial charge in [-0.15, -0.1) is 0 Å². The van der Waals surface area contributed by atoms with Crippen molar-refractivity contribution in [1.29, 1.82) is 0 Å². The molecule has 6 nitrogen and oxygen atoms in total. The largest absolute Gasteiger partial charge is 0.444 e. The number of carbonyl (C=O) groups excluding carboxylic acids is 1. The lowest BCUT2D eigenvalue weighted by atomic mass is 9.90. The van der Waals surface area contributed by atoms with Gasteiger partial charge in [0.05, 0.1) is 0 Å². The Morgan fingerprint density at radius 2 is 1.86 bits per heavy atom. The van der Waals surface area contributed by atoms with E-state index in [2.05, 4.69) is 4.98 Å². The van der Waals surface area contributed by atoms with Crippen LogP contribution in [-0.4, -0.2) is 44.3 Å². The lowest BCUT2D eigenvalue weighted by Gasteiger charge is -2.38. The number of aliphatic hydroxyl groups is 1. The summed E-state index contributed by atoms with van der Waals surface area (Å²) in [4.78, 5) is 17.8. The molecule has 126 valence electrons. The Hall–Kier alpha value is -1.56.